The van der Waals surface area contributed by atoms with Gasteiger partial charge in [-0.15, -0.1) is 0 Å². The minimum atomic E-state index is -0.104. The Hall–Kier alpha value is -3.03. The molecule has 0 unspecified atom stereocenters. The maximum atomic E-state index is 12.3. The predicted molar refractivity (Wildman–Crippen MR) is 102 cm³/mol. The molecule has 0 saturated heterocycles. The van der Waals surface area contributed by atoms with Crippen LogP contribution in [0.2, 0.25) is 5.02 Å². The van der Waals surface area contributed by atoms with E-state index in [1.54, 1.807) is 36.2 Å². The highest BCUT2D eigenvalue weighted by Gasteiger charge is 2.11. The molecule has 0 aliphatic carbocycles. The number of nitrogens with zero attached hydrogens (tertiary/aromatic N) is 2. The van der Waals surface area contributed by atoms with E-state index >= 15 is 0 Å². The molecule has 0 radical (unpaired) electrons. The summed E-state index contributed by atoms with van der Waals surface area (Å²) >= 11 is 6.01. The third-order valence-corrected chi connectivity index (χ3v) is 4.26. The van der Waals surface area contributed by atoms with Gasteiger partial charge < -0.3 is 9.64 Å². The van der Waals surface area contributed by atoms with E-state index in [9.17, 15) is 4.79 Å². The van der Waals surface area contributed by atoms with Gasteiger partial charge in [0.25, 0.3) is 0 Å². The number of carbonyl (C=O) groups excluding carboxylic acids is 1. The van der Waals surface area contributed by atoms with Crippen molar-refractivity contribution in [3.05, 3.63) is 81.9 Å². The number of nitriles is 1. The van der Waals surface area contributed by atoms with E-state index in [4.69, 9.17) is 21.6 Å². The zero-order valence-corrected chi connectivity index (χ0v) is 15.0. The molecule has 2 aromatic rings. The van der Waals surface area contributed by atoms with Gasteiger partial charge in [0.05, 0.1) is 11.6 Å². The first-order valence-corrected chi connectivity index (χ1v) is 8.48. The molecule has 0 atom stereocenters. The second kappa shape index (κ2) is 7.90. The summed E-state index contributed by atoms with van der Waals surface area (Å²) in [5.41, 5.74) is 3.38. The minimum absolute atomic E-state index is 0.104. The van der Waals surface area contributed by atoms with E-state index in [-0.39, 0.29) is 5.91 Å². The molecule has 5 heteroatoms. The van der Waals surface area contributed by atoms with E-state index in [1.807, 2.05) is 30.3 Å². The largest absolute Gasteiger partial charge is 0.488 e. The number of rotatable bonds is 4. The van der Waals surface area contributed by atoms with Crippen molar-refractivity contribution in [3.63, 3.8) is 0 Å². The summed E-state index contributed by atoms with van der Waals surface area (Å²) in [6, 6.07) is 14.7. The number of ether oxygens (including phenoxy) is 1. The number of hydrogen-bond acceptors (Lipinski definition) is 3. The van der Waals surface area contributed by atoms with Crippen LogP contribution in [-0.4, -0.2) is 24.5 Å². The van der Waals surface area contributed by atoms with Crippen LogP contribution in [-0.2, 0) is 11.3 Å². The fourth-order valence-electron chi connectivity index (χ4n) is 2.60. The minimum Gasteiger partial charge on any atom is -0.488 e. The molecule has 0 bridgehead atoms. The lowest BCUT2D eigenvalue weighted by atomic mass is 10.1. The number of hydrogen-bond donors (Lipinski definition) is 0. The third kappa shape index (κ3) is 4.33. The molecule has 0 spiro atoms. The van der Waals surface area contributed by atoms with Crippen molar-refractivity contribution in [2.24, 2.45) is 0 Å². The summed E-state index contributed by atoms with van der Waals surface area (Å²) in [5, 5.41) is 9.47. The molecule has 3 rings (SSSR count). The average Bonchev–Trinajstić information content (AvgIpc) is 2.66. The number of amides is 1. The van der Waals surface area contributed by atoms with Gasteiger partial charge in [-0.1, -0.05) is 29.8 Å². The molecule has 1 aliphatic heterocycles. The summed E-state index contributed by atoms with van der Waals surface area (Å²) < 4.78 is 5.67. The Kier molecular flexibility index (Phi) is 5.40. The Morgan fingerprint density at radius 1 is 1.31 bits per heavy atom. The summed E-state index contributed by atoms with van der Waals surface area (Å²) in [5.74, 6) is 0.683. The van der Waals surface area contributed by atoms with Gasteiger partial charge in [0, 0.05) is 30.3 Å². The molecule has 130 valence electrons. The van der Waals surface area contributed by atoms with Crippen LogP contribution >= 0.6 is 11.6 Å². The highest BCUT2D eigenvalue weighted by molar-refractivity contribution is 6.30. The molecule has 4 nitrogen and oxygen atoms in total. The lowest BCUT2D eigenvalue weighted by Gasteiger charge is -2.17. The van der Waals surface area contributed by atoms with Gasteiger partial charge in [0.15, 0.2) is 0 Å². The van der Waals surface area contributed by atoms with Gasteiger partial charge in [-0.05, 0) is 47.5 Å². The van der Waals surface area contributed by atoms with Gasteiger partial charge in [-0.2, -0.15) is 5.26 Å². The van der Waals surface area contributed by atoms with Crippen molar-refractivity contribution in [2.75, 3.05) is 13.7 Å². The van der Waals surface area contributed by atoms with Gasteiger partial charge in [-0.25, -0.2) is 0 Å². The number of carbonyl (C=O) groups is 1. The van der Waals surface area contributed by atoms with Gasteiger partial charge in [-0.3, -0.25) is 4.79 Å². The zero-order valence-electron chi connectivity index (χ0n) is 14.3. The smallest absolute Gasteiger partial charge is 0.246 e. The second-order valence-electron chi connectivity index (χ2n) is 6.03. The lowest BCUT2D eigenvalue weighted by Crippen LogP contribution is -2.24. The fourth-order valence-corrected chi connectivity index (χ4v) is 2.78. The summed E-state index contributed by atoms with van der Waals surface area (Å²) in [6.07, 6.45) is 5.27. The van der Waals surface area contributed by atoms with Crippen molar-refractivity contribution in [1.29, 1.82) is 5.26 Å². The summed E-state index contributed by atoms with van der Waals surface area (Å²) in [7, 11) is 1.74. The van der Waals surface area contributed by atoms with Crippen LogP contribution in [0.4, 0.5) is 0 Å². The second-order valence-corrected chi connectivity index (χ2v) is 6.46. The van der Waals surface area contributed by atoms with E-state index in [2.05, 4.69) is 6.07 Å². The van der Waals surface area contributed by atoms with Crippen molar-refractivity contribution in [1.82, 2.24) is 4.90 Å². The Morgan fingerprint density at radius 2 is 2.08 bits per heavy atom. The third-order valence-electron chi connectivity index (χ3n) is 4.03. The predicted octanol–water partition coefficient (Wildman–Crippen LogP) is 4.20. The Bertz CT molecular complexity index is 924. The van der Waals surface area contributed by atoms with Crippen LogP contribution in [0.5, 0.6) is 5.75 Å². The van der Waals surface area contributed by atoms with Crippen LogP contribution in [0.25, 0.3) is 6.08 Å². The van der Waals surface area contributed by atoms with Crippen LogP contribution in [0, 0.1) is 11.3 Å². The first-order chi connectivity index (χ1) is 12.5. The molecule has 1 amide bonds. The number of benzene rings is 2. The van der Waals surface area contributed by atoms with Crippen molar-refractivity contribution in [3.8, 4) is 11.8 Å². The zero-order chi connectivity index (χ0) is 18.5. The number of halogens is 1. The SMILES string of the molecule is CN(Cc1ccc(C#N)cc1)C(=O)/C=C/C1=Cc2cc(Cl)ccc2OC1. The molecule has 26 heavy (non-hydrogen) atoms. The molecule has 0 saturated carbocycles. The Morgan fingerprint density at radius 3 is 2.81 bits per heavy atom. The maximum Gasteiger partial charge on any atom is 0.246 e. The van der Waals surface area contributed by atoms with Crippen molar-refractivity contribution in [2.45, 2.75) is 6.54 Å². The number of likely N-dealkylation sites (N-methyl/N-ethyl adjacent to an activating group) is 1. The topological polar surface area (TPSA) is 53.3 Å². The molecule has 0 N–H and O–H groups in total. The summed E-state index contributed by atoms with van der Waals surface area (Å²) in [4.78, 5) is 13.9. The van der Waals surface area contributed by atoms with Gasteiger partial charge in [0.2, 0.25) is 5.91 Å². The average molecular weight is 365 g/mol. The summed E-state index contributed by atoms with van der Waals surface area (Å²) in [6.45, 7) is 0.890. The molecule has 0 aromatic heterocycles. The van der Waals surface area contributed by atoms with Crippen molar-refractivity contribution >= 4 is 23.6 Å². The molecule has 0 fully saturated rings. The first kappa shape index (κ1) is 17.8. The fraction of sp³-hybridized carbons (Fsp3) is 0.143. The van der Waals surface area contributed by atoms with E-state index < -0.39 is 0 Å². The van der Waals surface area contributed by atoms with E-state index in [0.717, 1.165) is 22.4 Å². The quantitative estimate of drug-likeness (QED) is 0.764. The molecule has 1 heterocycles. The maximum absolute atomic E-state index is 12.3. The molecule has 1 aliphatic rings. The van der Waals surface area contributed by atoms with Crippen LogP contribution in [0.15, 0.2) is 60.2 Å². The molecule has 2 aromatic carbocycles. The van der Waals surface area contributed by atoms with E-state index in [0.29, 0.717) is 23.7 Å². The van der Waals surface area contributed by atoms with Gasteiger partial charge >= 0.3 is 0 Å². The first-order valence-electron chi connectivity index (χ1n) is 8.10. The highest BCUT2D eigenvalue weighted by Crippen LogP contribution is 2.29. The van der Waals surface area contributed by atoms with Gasteiger partial charge in [0.1, 0.15) is 12.4 Å². The van der Waals surface area contributed by atoms with Crippen LogP contribution in [0.1, 0.15) is 16.7 Å². The monoisotopic (exact) mass is 364 g/mol. The van der Waals surface area contributed by atoms with Crippen molar-refractivity contribution < 1.29 is 9.53 Å². The standard InChI is InChI=1S/C21H17ClN2O2/c1-24(13-16-4-2-15(12-23)3-5-16)21(25)9-6-17-10-18-11-19(22)7-8-20(18)26-14-17/h2-11H,13-14H2,1H3/b9-6+. The Balaban J connectivity index is 1.64. The van der Waals surface area contributed by atoms with Crippen LogP contribution in [0.3, 0.4) is 0 Å². The van der Waals surface area contributed by atoms with E-state index in [1.165, 1.54) is 6.08 Å². The Labute approximate surface area is 157 Å². The molecular formula is C21H17ClN2O2. The highest BCUT2D eigenvalue weighted by atomic mass is 35.5. The lowest BCUT2D eigenvalue weighted by molar-refractivity contribution is -0.125. The molecular weight excluding hydrogens is 348 g/mol. The normalized spacial score (nSPS) is 12.7. The van der Waals surface area contributed by atoms with Crippen LogP contribution < -0.4 is 4.74 Å². The number of fused-ring (bicyclic) bond motifs is 1.